The Bertz CT molecular complexity index is 639. The van der Waals surface area contributed by atoms with Crippen LogP contribution in [0.25, 0.3) is 0 Å². The van der Waals surface area contributed by atoms with E-state index in [1.807, 2.05) is 0 Å². The van der Waals surface area contributed by atoms with E-state index >= 15 is 0 Å². The van der Waals surface area contributed by atoms with Gasteiger partial charge in [-0.2, -0.15) is 0 Å². The maximum atomic E-state index is 12.9. The molecule has 0 saturated carbocycles. The van der Waals surface area contributed by atoms with Gasteiger partial charge in [-0.3, -0.25) is 12.9 Å². The molecule has 2 rings (SSSR count). The summed E-state index contributed by atoms with van der Waals surface area (Å²) in [6, 6.07) is 16.8. The molecule has 0 heterocycles. The predicted octanol–water partition coefficient (Wildman–Crippen LogP) is -0.232. The van der Waals surface area contributed by atoms with Crippen molar-refractivity contribution in [1.29, 1.82) is 0 Å². The summed E-state index contributed by atoms with van der Waals surface area (Å²) in [4.78, 5) is 0. The molecule has 166 valence electrons. The van der Waals surface area contributed by atoms with Crippen molar-refractivity contribution in [1.82, 2.24) is 0 Å². The fourth-order valence-corrected chi connectivity index (χ4v) is 6.11. The fourth-order valence-electron chi connectivity index (χ4n) is 1.49. The van der Waals surface area contributed by atoms with Crippen LogP contribution in [0.2, 0.25) is 0 Å². The quantitative estimate of drug-likeness (QED) is 0.154. The molecule has 0 spiro atoms. The zero-order valence-electron chi connectivity index (χ0n) is 14.9. The predicted molar refractivity (Wildman–Crippen MR) is 109 cm³/mol. The molecule has 0 atom stereocenters. The summed E-state index contributed by atoms with van der Waals surface area (Å²) >= 11 is -4.43. The zero-order chi connectivity index (χ0) is 23.7. The van der Waals surface area contributed by atoms with E-state index in [1.165, 1.54) is 0 Å². The van der Waals surface area contributed by atoms with Crippen molar-refractivity contribution in [2.75, 3.05) is 0 Å². The number of benzene rings is 2. The summed E-state index contributed by atoms with van der Waals surface area (Å²) in [5, 5.41) is 50.4. The molecule has 0 aliphatic rings. The van der Waals surface area contributed by atoms with Gasteiger partial charge in [-0.25, -0.2) is 0 Å². The molecule has 0 aliphatic carbocycles. The van der Waals surface area contributed by atoms with Gasteiger partial charge in [-0.1, -0.05) is 0 Å². The van der Waals surface area contributed by atoms with Crippen molar-refractivity contribution >= 4 is 48.4 Å². The second-order valence-electron chi connectivity index (χ2n) is 4.37. The Hall–Kier alpha value is -1.37. The molecule has 0 bridgehead atoms. The molecule has 0 saturated heterocycles. The van der Waals surface area contributed by atoms with Crippen molar-refractivity contribution in [3.8, 4) is 0 Å². The summed E-state index contributed by atoms with van der Waals surface area (Å²) in [6.45, 7) is 0. The van der Waals surface area contributed by atoms with Gasteiger partial charge in [0.15, 0.2) is 0 Å². The summed E-state index contributed by atoms with van der Waals surface area (Å²) in [5.74, 6) is 0. The van der Waals surface area contributed by atoms with Gasteiger partial charge >= 0.3 is 132 Å². The molecule has 0 aliphatic heterocycles. The third-order valence-electron chi connectivity index (χ3n) is 2.24. The van der Waals surface area contributed by atoms with Crippen LogP contribution < -0.4 is 0 Å². The van der Waals surface area contributed by atoms with Gasteiger partial charge in [-0.05, 0) is 0 Å². The van der Waals surface area contributed by atoms with Crippen molar-refractivity contribution in [2.24, 2.45) is 0 Å². The average Bonchev–Trinajstić information content (AvgIpc) is 2.61. The van der Waals surface area contributed by atoms with Crippen LogP contribution >= 0.6 is 18.8 Å². The number of hydrogen-bond donors (Lipinski definition) is 7. The van der Waals surface area contributed by atoms with Crippen molar-refractivity contribution in [2.45, 2.75) is 0 Å². The Balaban J connectivity index is 0. The molecule has 0 aromatic heterocycles. The standard InChI is InChI=1S/C12H11BFIO3.3BFH2O2/c14-13(16)18-15(17,11-7-3-1-4-8-11)12-9-5-2-6-10-12;3*2-1(3)4/h1-10,16H;3*3-4H. The Morgan fingerprint density at radius 3 is 1.03 bits per heavy atom. The number of hydrogen-bond acceptors (Lipinski definition) is 9. The second-order valence-corrected chi connectivity index (χ2v) is 10.0. The van der Waals surface area contributed by atoms with E-state index in [1.54, 1.807) is 60.7 Å². The summed E-state index contributed by atoms with van der Waals surface area (Å²) < 4.78 is 61.5. The minimum Gasteiger partial charge on any atom is -0.398 e. The third-order valence-corrected chi connectivity index (χ3v) is 8.09. The van der Waals surface area contributed by atoms with Crippen LogP contribution in [0, 0.1) is 7.14 Å². The molecule has 0 amide bonds. The van der Waals surface area contributed by atoms with Crippen LogP contribution in [-0.4, -0.2) is 64.8 Å². The monoisotopic (exact) mass is 552 g/mol. The van der Waals surface area contributed by atoms with Crippen molar-refractivity contribution in [3.05, 3.63) is 67.8 Å². The van der Waals surface area contributed by atoms with E-state index in [4.69, 9.17) is 38.2 Å². The Morgan fingerprint density at radius 2 is 0.833 bits per heavy atom. The average molecular weight is 551 g/mol. The van der Waals surface area contributed by atoms with Crippen molar-refractivity contribution in [3.63, 3.8) is 0 Å². The van der Waals surface area contributed by atoms with E-state index < -0.39 is 48.4 Å². The molecule has 2 aromatic carbocycles. The van der Waals surface area contributed by atoms with Gasteiger partial charge in [0.25, 0.3) is 0 Å². The van der Waals surface area contributed by atoms with Gasteiger partial charge in [0.1, 0.15) is 0 Å². The Kier molecular flexibility index (Phi) is 17.8. The molecule has 9 nitrogen and oxygen atoms in total. The van der Waals surface area contributed by atoms with E-state index in [0.717, 1.165) is 0 Å². The minimum absolute atomic E-state index is 0.410. The van der Waals surface area contributed by atoms with Crippen LogP contribution in [-0.2, 0) is 6.05 Å². The Morgan fingerprint density at radius 1 is 0.600 bits per heavy atom. The molecule has 30 heavy (non-hydrogen) atoms. The van der Waals surface area contributed by atoms with Gasteiger partial charge in [0.2, 0.25) is 0 Å². The van der Waals surface area contributed by atoms with E-state index in [2.05, 4.69) is 0 Å². The topological polar surface area (TPSA) is 168 Å². The van der Waals surface area contributed by atoms with E-state index in [9.17, 15) is 20.3 Å². The molecular formula is C12H17B4F4IO9. The first-order chi connectivity index (χ1) is 13.8. The van der Waals surface area contributed by atoms with E-state index in [-0.39, 0.29) is 0 Å². The summed E-state index contributed by atoms with van der Waals surface area (Å²) in [7, 11) is -10.6. The van der Waals surface area contributed by atoms with Crippen LogP contribution in [0.5, 0.6) is 0 Å². The van der Waals surface area contributed by atoms with Gasteiger partial charge in [-0.15, -0.1) is 0 Å². The fraction of sp³-hybridized carbons (Fsp3) is 0. The third kappa shape index (κ3) is 17.5. The van der Waals surface area contributed by atoms with Gasteiger partial charge in [0.05, 0.1) is 0 Å². The smallest absolute Gasteiger partial charge is 0.398 e. The number of halogens is 5. The SMILES string of the molecule is O=I(OB(O)F)(c1ccccc1)c1ccccc1.OB(O)F.OB(O)F.OB(O)F. The van der Waals surface area contributed by atoms with Crippen LogP contribution in [0.15, 0.2) is 60.7 Å². The van der Waals surface area contributed by atoms with E-state index in [0.29, 0.717) is 7.14 Å². The first-order valence-electron chi connectivity index (χ1n) is 7.42. The second kappa shape index (κ2) is 17.3. The van der Waals surface area contributed by atoms with Crippen LogP contribution in [0.3, 0.4) is 0 Å². The zero-order valence-corrected chi connectivity index (χ0v) is 17.1. The summed E-state index contributed by atoms with van der Waals surface area (Å²) in [6.07, 6.45) is 0. The molecule has 2 aromatic rings. The largest absolute Gasteiger partial charge is 0.674 e. The molecule has 18 heteroatoms. The maximum Gasteiger partial charge on any atom is 0.674 e. The van der Waals surface area contributed by atoms with Crippen LogP contribution in [0.1, 0.15) is 0 Å². The molecular weight excluding hydrogens is 534 g/mol. The molecule has 0 unspecified atom stereocenters. The molecule has 7 N–H and O–H groups in total. The first kappa shape index (κ1) is 30.8. The van der Waals surface area contributed by atoms with Gasteiger partial charge in [0, 0.05) is 0 Å². The first-order valence-corrected chi connectivity index (χ1v) is 11.3. The Labute approximate surface area is 174 Å². The number of rotatable bonds is 4. The summed E-state index contributed by atoms with van der Waals surface area (Å²) in [5.41, 5.74) is 0. The normalized spacial score (nSPS) is 9.97. The minimum atomic E-state index is -4.43. The molecule has 0 fully saturated rings. The maximum absolute atomic E-state index is 12.9. The molecule has 0 radical (unpaired) electrons. The van der Waals surface area contributed by atoms with Crippen LogP contribution in [0.4, 0.5) is 17.3 Å². The van der Waals surface area contributed by atoms with Gasteiger partial charge < -0.3 is 30.1 Å². The van der Waals surface area contributed by atoms with Crippen molar-refractivity contribution < 1.29 is 58.5 Å².